The highest BCUT2D eigenvalue weighted by Gasteiger charge is 2.33. The molecular formula is C12H18N2OS. The molecule has 0 amide bonds. The molecule has 1 atom stereocenters. The first-order chi connectivity index (χ1) is 7.50. The van der Waals surface area contributed by atoms with Gasteiger partial charge in [0, 0.05) is 18.3 Å². The van der Waals surface area contributed by atoms with E-state index in [0.29, 0.717) is 10.8 Å². The molecule has 4 heteroatoms. The predicted molar refractivity (Wildman–Crippen MR) is 67.2 cm³/mol. The van der Waals surface area contributed by atoms with Crippen LogP contribution in [0.2, 0.25) is 0 Å². The molecule has 88 valence electrons. The van der Waals surface area contributed by atoms with E-state index in [0.717, 1.165) is 6.42 Å². The minimum absolute atomic E-state index is 0.116. The molecule has 2 rings (SSSR count). The fourth-order valence-electron chi connectivity index (χ4n) is 2.66. The Hall–Kier alpha value is -0.900. The Kier molecular flexibility index (Phi) is 3.02. The standard InChI is InChI=1S/C12H18N2OS/c1-12(2)7-4-3-5-9(12)14-8-6-10(15)13-11(14)16/h6,8-9H,3-5,7H2,1-2H3,(H,13,15,16). The smallest absolute Gasteiger partial charge is 0.251 e. The topological polar surface area (TPSA) is 37.8 Å². The van der Waals surface area contributed by atoms with Crippen molar-refractivity contribution >= 4 is 12.2 Å². The molecule has 1 aliphatic carbocycles. The van der Waals surface area contributed by atoms with E-state index in [1.54, 1.807) is 6.07 Å². The van der Waals surface area contributed by atoms with Crippen molar-refractivity contribution < 1.29 is 0 Å². The first kappa shape index (κ1) is 11.6. The van der Waals surface area contributed by atoms with E-state index < -0.39 is 0 Å². The molecule has 1 N–H and O–H groups in total. The molecule has 0 spiro atoms. The van der Waals surface area contributed by atoms with Crippen molar-refractivity contribution in [1.29, 1.82) is 0 Å². The maximum absolute atomic E-state index is 11.2. The maximum Gasteiger partial charge on any atom is 0.251 e. The summed E-state index contributed by atoms with van der Waals surface area (Å²) in [5, 5.41) is 0. The normalized spacial score (nSPS) is 24.2. The number of hydrogen-bond donors (Lipinski definition) is 1. The Morgan fingerprint density at radius 3 is 2.88 bits per heavy atom. The van der Waals surface area contributed by atoms with E-state index in [4.69, 9.17) is 12.2 Å². The van der Waals surface area contributed by atoms with Crippen molar-refractivity contribution in [3.8, 4) is 0 Å². The minimum Gasteiger partial charge on any atom is -0.322 e. The van der Waals surface area contributed by atoms with E-state index in [-0.39, 0.29) is 11.0 Å². The van der Waals surface area contributed by atoms with Crippen molar-refractivity contribution in [2.75, 3.05) is 0 Å². The summed E-state index contributed by atoms with van der Waals surface area (Å²) in [4.78, 5) is 13.8. The molecule has 1 saturated carbocycles. The second-order valence-electron chi connectivity index (χ2n) is 5.27. The first-order valence-electron chi connectivity index (χ1n) is 5.82. The van der Waals surface area contributed by atoms with Crippen LogP contribution in [0, 0.1) is 10.2 Å². The third-order valence-electron chi connectivity index (χ3n) is 3.64. The Balaban J connectivity index is 2.43. The van der Waals surface area contributed by atoms with E-state index in [1.165, 1.54) is 19.3 Å². The van der Waals surface area contributed by atoms with Gasteiger partial charge in [-0.15, -0.1) is 0 Å². The lowest BCUT2D eigenvalue weighted by molar-refractivity contribution is 0.141. The second-order valence-corrected chi connectivity index (χ2v) is 5.65. The number of aromatic nitrogens is 2. The van der Waals surface area contributed by atoms with Crippen LogP contribution in [0.25, 0.3) is 0 Å². The summed E-state index contributed by atoms with van der Waals surface area (Å²) < 4.78 is 2.60. The molecule has 0 bridgehead atoms. The SMILES string of the molecule is CC1(C)CCCCC1n1ccc(=O)[nH]c1=S. The third kappa shape index (κ3) is 2.12. The lowest BCUT2D eigenvalue weighted by Crippen LogP contribution is -2.31. The maximum atomic E-state index is 11.2. The van der Waals surface area contributed by atoms with Gasteiger partial charge in [-0.05, 0) is 30.5 Å². The first-order valence-corrected chi connectivity index (χ1v) is 6.23. The minimum atomic E-state index is -0.116. The van der Waals surface area contributed by atoms with Gasteiger partial charge >= 0.3 is 0 Å². The molecule has 1 heterocycles. The van der Waals surface area contributed by atoms with Crippen LogP contribution in [0.5, 0.6) is 0 Å². The number of nitrogens with one attached hydrogen (secondary N) is 1. The summed E-state index contributed by atoms with van der Waals surface area (Å²) >= 11 is 5.23. The predicted octanol–water partition coefficient (Wildman–Crippen LogP) is 3.05. The Morgan fingerprint density at radius 2 is 2.25 bits per heavy atom. The molecule has 1 fully saturated rings. The van der Waals surface area contributed by atoms with Gasteiger partial charge in [0.05, 0.1) is 0 Å². The van der Waals surface area contributed by atoms with Gasteiger partial charge in [0.2, 0.25) is 0 Å². The van der Waals surface area contributed by atoms with Crippen LogP contribution in [0.15, 0.2) is 17.1 Å². The Morgan fingerprint density at radius 1 is 1.50 bits per heavy atom. The highest BCUT2D eigenvalue weighted by molar-refractivity contribution is 7.71. The molecule has 0 aromatic carbocycles. The average molecular weight is 238 g/mol. The van der Waals surface area contributed by atoms with Crippen molar-refractivity contribution in [3.05, 3.63) is 27.4 Å². The summed E-state index contributed by atoms with van der Waals surface area (Å²) in [6, 6.07) is 1.96. The van der Waals surface area contributed by atoms with Crippen LogP contribution in [0.3, 0.4) is 0 Å². The second kappa shape index (κ2) is 4.17. The van der Waals surface area contributed by atoms with Gasteiger partial charge in [0.25, 0.3) is 5.56 Å². The molecule has 1 aliphatic rings. The van der Waals surface area contributed by atoms with E-state index >= 15 is 0 Å². The van der Waals surface area contributed by atoms with Gasteiger partial charge in [-0.2, -0.15) is 0 Å². The van der Waals surface area contributed by atoms with E-state index in [1.807, 2.05) is 6.20 Å². The van der Waals surface area contributed by atoms with Gasteiger partial charge in [-0.1, -0.05) is 26.7 Å². The van der Waals surface area contributed by atoms with Crippen LogP contribution >= 0.6 is 12.2 Å². The van der Waals surface area contributed by atoms with Crippen LogP contribution in [0.1, 0.15) is 45.6 Å². The lowest BCUT2D eigenvalue weighted by atomic mass is 9.73. The third-order valence-corrected chi connectivity index (χ3v) is 3.95. The largest absolute Gasteiger partial charge is 0.322 e. The van der Waals surface area contributed by atoms with Crippen molar-refractivity contribution in [3.63, 3.8) is 0 Å². The average Bonchev–Trinajstić information content (AvgIpc) is 2.19. The molecule has 1 unspecified atom stereocenters. The zero-order valence-electron chi connectivity index (χ0n) is 9.82. The molecule has 16 heavy (non-hydrogen) atoms. The Bertz CT molecular complexity index is 486. The number of nitrogens with zero attached hydrogens (tertiary/aromatic N) is 1. The summed E-state index contributed by atoms with van der Waals surface area (Å²) in [5.41, 5.74) is 0.143. The summed E-state index contributed by atoms with van der Waals surface area (Å²) in [7, 11) is 0. The Labute approximate surface area is 101 Å². The van der Waals surface area contributed by atoms with E-state index in [2.05, 4.69) is 23.4 Å². The zero-order chi connectivity index (χ0) is 11.8. The molecule has 0 aliphatic heterocycles. The highest BCUT2D eigenvalue weighted by Crippen LogP contribution is 2.43. The van der Waals surface area contributed by atoms with E-state index in [9.17, 15) is 4.79 Å². The molecule has 0 saturated heterocycles. The molecular weight excluding hydrogens is 220 g/mol. The monoisotopic (exact) mass is 238 g/mol. The van der Waals surface area contributed by atoms with Gasteiger partial charge < -0.3 is 4.57 Å². The van der Waals surface area contributed by atoms with Gasteiger partial charge in [0.1, 0.15) is 0 Å². The van der Waals surface area contributed by atoms with Crippen LogP contribution in [-0.2, 0) is 0 Å². The fourth-order valence-corrected chi connectivity index (χ4v) is 2.95. The fraction of sp³-hybridized carbons (Fsp3) is 0.667. The van der Waals surface area contributed by atoms with Crippen LogP contribution in [0.4, 0.5) is 0 Å². The van der Waals surface area contributed by atoms with Crippen LogP contribution in [-0.4, -0.2) is 9.55 Å². The van der Waals surface area contributed by atoms with Gasteiger partial charge in [0.15, 0.2) is 4.77 Å². The summed E-state index contributed by atoms with van der Waals surface area (Å²) in [6.07, 6.45) is 6.74. The van der Waals surface area contributed by atoms with Crippen molar-refractivity contribution in [2.45, 2.75) is 45.6 Å². The molecule has 1 aromatic heterocycles. The number of rotatable bonds is 1. The highest BCUT2D eigenvalue weighted by atomic mass is 32.1. The van der Waals surface area contributed by atoms with Gasteiger partial charge in [-0.25, -0.2) is 0 Å². The van der Waals surface area contributed by atoms with Crippen molar-refractivity contribution in [2.24, 2.45) is 5.41 Å². The molecule has 1 aromatic rings. The summed E-state index contributed by atoms with van der Waals surface area (Å²) in [5.74, 6) is 0. The van der Waals surface area contributed by atoms with Crippen LogP contribution < -0.4 is 5.56 Å². The number of aromatic amines is 1. The molecule has 3 nitrogen and oxygen atoms in total. The number of hydrogen-bond acceptors (Lipinski definition) is 2. The quantitative estimate of drug-likeness (QED) is 0.764. The van der Waals surface area contributed by atoms with Crippen molar-refractivity contribution in [1.82, 2.24) is 9.55 Å². The number of H-pyrrole nitrogens is 1. The van der Waals surface area contributed by atoms with Gasteiger partial charge in [-0.3, -0.25) is 9.78 Å². The zero-order valence-corrected chi connectivity index (χ0v) is 10.6. The molecule has 0 radical (unpaired) electrons. The summed E-state index contributed by atoms with van der Waals surface area (Å²) in [6.45, 7) is 4.56. The lowest BCUT2D eigenvalue weighted by Gasteiger charge is -2.39.